The van der Waals surface area contributed by atoms with Crippen LogP contribution in [0.1, 0.15) is 5.69 Å². The Morgan fingerprint density at radius 2 is 2.58 bits per heavy atom. The van der Waals surface area contributed by atoms with Crippen LogP contribution in [-0.4, -0.2) is 23.5 Å². The lowest BCUT2D eigenvalue weighted by molar-refractivity contribution is 0.183. The first-order chi connectivity index (χ1) is 5.79. The summed E-state index contributed by atoms with van der Waals surface area (Å²) in [4.78, 5) is 0. The van der Waals surface area contributed by atoms with E-state index >= 15 is 0 Å². The van der Waals surface area contributed by atoms with Crippen LogP contribution in [0.4, 0.5) is 5.69 Å². The van der Waals surface area contributed by atoms with Crippen LogP contribution in [0.3, 0.4) is 0 Å². The van der Waals surface area contributed by atoms with Gasteiger partial charge < -0.3 is 10.5 Å². The number of nitrogen functional groups attached to an aromatic ring is 1. The van der Waals surface area contributed by atoms with E-state index in [1.165, 1.54) is 0 Å². The van der Waals surface area contributed by atoms with Crippen molar-refractivity contribution < 1.29 is 4.74 Å². The Morgan fingerprint density at radius 3 is 3.17 bits per heavy atom. The zero-order chi connectivity index (χ0) is 8.97. The minimum atomic E-state index is 0.536. The maximum atomic E-state index is 5.56. The van der Waals surface area contributed by atoms with Crippen LogP contribution in [0.15, 0.2) is 6.20 Å². The van der Waals surface area contributed by atoms with E-state index in [1.807, 2.05) is 0 Å². The molecule has 0 aliphatic heterocycles. The summed E-state index contributed by atoms with van der Waals surface area (Å²) in [5, 5.41) is 3.99. The summed E-state index contributed by atoms with van der Waals surface area (Å²) < 4.78 is 6.54. The molecule has 0 aromatic carbocycles. The number of hydrogen-bond acceptors (Lipinski definition) is 3. The lowest BCUT2D eigenvalue weighted by Crippen LogP contribution is -2.08. The highest BCUT2D eigenvalue weighted by Crippen LogP contribution is 2.07. The molecule has 0 saturated heterocycles. The molecule has 0 amide bonds. The highest BCUT2D eigenvalue weighted by atomic mass is 16.5. The third kappa shape index (κ3) is 1.57. The fourth-order valence-corrected chi connectivity index (χ4v) is 0.905. The fraction of sp³-hybridized carbons (Fsp3) is 0.375. The maximum absolute atomic E-state index is 5.56. The van der Waals surface area contributed by atoms with Crippen LogP contribution in [0.5, 0.6) is 0 Å². The molecule has 0 unspecified atom stereocenters. The zero-order valence-corrected chi connectivity index (χ0v) is 6.95. The lowest BCUT2D eigenvalue weighted by Gasteiger charge is -2.01. The maximum Gasteiger partial charge on any atom is 0.133 e. The largest absolute Gasteiger partial charge is 0.395 e. The second-order valence-corrected chi connectivity index (χ2v) is 2.31. The summed E-state index contributed by atoms with van der Waals surface area (Å²) in [6, 6.07) is 0. The zero-order valence-electron chi connectivity index (χ0n) is 6.95. The van der Waals surface area contributed by atoms with Crippen LogP contribution < -0.4 is 5.73 Å². The molecular formula is C8H11N3O. The quantitative estimate of drug-likeness (QED) is 0.646. The number of ether oxygens (including phenoxy) is 1. The molecule has 0 aliphatic rings. The van der Waals surface area contributed by atoms with Crippen molar-refractivity contribution in [2.75, 3.05) is 19.5 Å². The normalized spacial score (nSPS) is 9.67. The molecule has 0 fully saturated rings. The smallest absolute Gasteiger partial charge is 0.133 e. The van der Waals surface area contributed by atoms with Gasteiger partial charge in [0.05, 0.1) is 25.0 Å². The Kier molecular flexibility index (Phi) is 2.72. The first-order valence-corrected chi connectivity index (χ1v) is 3.56. The number of nitrogens with zero attached hydrogens (tertiary/aromatic N) is 2. The average molecular weight is 165 g/mol. The predicted molar refractivity (Wildman–Crippen MR) is 46.5 cm³/mol. The summed E-state index contributed by atoms with van der Waals surface area (Å²) >= 11 is 0. The van der Waals surface area contributed by atoms with Gasteiger partial charge in [0.25, 0.3) is 0 Å². The van der Waals surface area contributed by atoms with E-state index in [0.29, 0.717) is 24.5 Å². The Bertz CT molecular complexity index is 298. The number of nitrogens with two attached hydrogens (primary N) is 1. The molecule has 1 rings (SSSR count). The Labute approximate surface area is 71.3 Å². The van der Waals surface area contributed by atoms with Crippen LogP contribution in [0, 0.1) is 12.3 Å². The molecule has 12 heavy (non-hydrogen) atoms. The van der Waals surface area contributed by atoms with Crippen molar-refractivity contribution in [1.82, 2.24) is 9.78 Å². The Morgan fingerprint density at radius 1 is 1.83 bits per heavy atom. The van der Waals surface area contributed by atoms with E-state index in [2.05, 4.69) is 11.0 Å². The number of anilines is 1. The van der Waals surface area contributed by atoms with E-state index in [-0.39, 0.29) is 0 Å². The van der Waals surface area contributed by atoms with Crippen molar-refractivity contribution in [2.45, 2.75) is 6.54 Å². The standard InChI is InChI=1S/C8H11N3O/c1-3-8-7(9)6-10-11(8)4-5-12-2/h1,6H,4-5,9H2,2H3. The van der Waals surface area contributed by atoms with Gasteiger partial charge in [-0.05, 0) is 5.92 Å². The number of hydrogen-bond donors (Lipinski definition) is 1. The minimum Gasteiger partial charge on any atom is -0.395 e. The van der Waals surface area contributed by atoms with E-state index in [4.69, 9.17) is 16.9 Å². The van der Waals surface area contributed by atoms with Gasteiger partial charge in [0.2, 0.25) is 0 Å². The SMILES string of the molecule is C#Cc1c(N)cnn1CCOC. The Balaban J connectivity index is 2.79. The molecule has 1 aromatic heterocycles. The Hall–Kier alpha value is -1.47. The van der Waals surface area contributed by atoms with Crippen molar-refractivity contribution in [3.63, 3.8) is 0 Å². The third-order valence-electron chi connectivity index (χ3n) is 1.51. The van der Waals surface area contributed by atoms with Crippen molar-refractivity contribution in [3.05, 3.63) is 11.9 Å². The molecule has 1 aromatic rings. The fourth-order valence-electron chi connectivity index (χ4n) is 0.905. The summed E-state index contributed by atoms with van der Waals surface area (Å²) in [6.07, 6.45) is 6.78. The van der Waals surface area contributed by atoms with Gasteiger partial charge in [-0.2, -0.15) is 5.10 Å². The molecule has 2 N–H and O–H groups in total. The van der Waals surface area contributed by atoms with E-state index in [0.717, 1.165) is 0 Å². The van der Waals surface area contributed by atoms with Crippen LogP contribution in [0.2, 0.25) is 0 Å². The lowest BCUT2D eigenvalue weighted by atomic mass is 10.4. The highest BCUT2D eigenvalue weighted by molar-refractivity contribution is 5.49. The number of rotatable bonds is 3. The van der Waals surface area contributed by atoms with Gasteiger partial charge in [0.1, 0.15) is 5.69 Å². The molecule has 1 heterocycles. The first-order valence-electron chi connectivity index (χ1n) is 3.56. The van der Waals surface area contributed by atoms with Gasteiger partial charge in [-0.15, -0.1) is 6.42 Å². The van der Waals surface area contributed by atoms with Crippen molar-refractivity contribution in [3.8, 4) is 12.3 Å². The van der Waals surface area contributed by atoms with Crippen molar-refractivity contribution in [2.24, 2.45) is 0 Å². The van der Waals surface area contributed by atoms with E-state index < -0.39 is 0 Å². The number of methoxy groups -OCH3 is 1. The molecular weight excluding hydrogens is 154 g/mol. The third-order valence-corrected chi connectivity index (χ3v) is 1.51. The molecule has 0 radical (unpaired) electrons. The van der Waals surface area contributed by atoms with Crippen LogP contribution >= 0.6 is 0 Å². The van der Waals surface area contributed by atoms with Crippen molar-refractivity contribution >= 4 is 5.69 Å². The summed E-state index contributed by atoms with van der Waals surface area (Å²) in [6.45, 7) is 1.21. The molecule has 64 valence electrons. The molecule has 4 heteroatoms. The first kappa shape index (κ1) is 8.62. The highest BCUT2D eigenvalue weighted by Gasteiger charge is 2.03. The monoisotopic (exact) mass is 165 g/mol. The molecule has 4 nitrogen and oxygen atoms in total. The predicted octanol–water partition coefficient (Wildman–Crippen LogP) is 0.0930. The molecule has 0 saturated carbocycles. The summed E-state index contributed by atoms with van der Waals surface area (Å²) in [7, 11) is 1.63. The molecule has 0 bridgehead atoms. The van der Waals surface area contributed by atoms with Gasteiger partial charge >= 0.3 is 0 Å². The minimum absolute atomic E-state index is 0.536. The second kappa shape index (κ2) is 3.79. The van der Waals surface area contributed by atoms with E-state index in [1.54, 1.807) is 18.0 Å². The van der Waals surface area contributed by atoms with Crippen molar-refractivity contribution in [1.29, 1.82) is 0 Å². The molecule has 0 aliphatic carbocycles. The van der Waals surface area contributed by atoms with E-state index in [9.17, 15) is 0 Å². The number of aromatic nitrogens is 2. The molecule has 0 atom stereocenters. The average Bonchev–Trinajstić information content (AvgIpc) is 2.43. The summed E-state index contributed by atoms with van der Waals surface area (Å²) in [5.41, 5.74) is 6.71. The van der Waals surface area contributed by atoms with Crippen LogP contribution in [0.25, 0.3) is 0 Å². The molecule has 0 spiro atoms. The van der Waals surface area contributed by atoms with Gasteiger partial charge in [-0.1, -0.05) is 0 Å². The van der Waals surface area contributed by atoms with Gasteiger partial charge in [0.15, 0.2) is 0 Å². The summed E-state index contributed by atoms with van der Waals surface area (Å²) in [5.74, 6) is 2.47. The van der Waals surface area contributed by atoms with Gasteiger partial charge in [-0.3, -0.25) is 4.68 Å². The second-order valence-electron chi connectivity index (χ2n) is 2.31. The van der Waals surface area contributed by atoms with Gasteiger partial charge in [0, 0.05) is 7.11 Å². The number of terminal acetylenes is 1. The van der Waals surface area contributed by atoms with Gasteiger partial charge in [-0.25, -0.2) is 0 Å². The topological polar surface area (TPSA) is 53.1 Å². The van der Waals surface area contributed by atoms with Crippen LogP contribution in [-0.2, 0) is 11.3 Å².